The third-order valence-corrected chi connectivity index (χ3v) is 4.39. The van der Waals surface area contributed by atoms with E-state index in [0.29, 0.717) is 18.0 Å². The molecule has 4 heteroatoms. The predicted octanol–water partition coefficient (Wildman–Crippen LogP) is 3.49. The highest BCUT2D eigenvalue weighted by molar-refractivity contribution is 5.94. The van der Waals surface area contributed by atoms with Crippen LogP contribution in [0.25, 0.3) is 0 Å². The van der Waals surface area contributed by atoms with Crippen LogP contribution in [0.1, 0.15) is 45.4 Å². The first-order chi connectivity index (χ1) is 10.2. The van der Waals surface area contributed by atoms with Crippen molar-refractivity contribution in [2.75, 3.05) is 5.32 Å². The number of rotatable bonds is 3. The van der Waals surface area contributed by atoms with Crippen LogP contribution in [0, 0.1) is 5.92 Å². The summed E-state index contributed by atoms with van der Waals surface area (Å²) >= 11 is 0. The zero-order valence-electron chi connectivity index (χ0n) is 12.7. The van der Waals surface area contributed by atoms with E-state index < -0.39 is 0 Å². The Morgan fingerprint density at radius 3 is 2.71 bits per heavy atom. The summed E-state index contributed by atoms with van der Waals surface area (Å²) in [5, 5.41) is 16.4. The third kappa shape index (κ3) is 4.13. The Morgan fingerprint density at radius 2 is 2.00 bits per heavy atom. The average Bonchev–Trinajstić information content (AvgIpc) is 3.25. The Kier molecular flexibility index (Phi) is 4.32. The number of aromatic hydroxyl groups is 1. The number of nitrogens with zero attached hydrogens (tertiary/aromatic N) is 1. The van der Waals surface area contributed by atoms with Crippen molar-refractivity contribution in [1.82, 2.24) is 5.32 Å². The minimum absolute atomic E-state index is 0.275. The normalized spacial score (nSPS) is 26.4. The molecule has 2 fully saturated rings. The van der Waals surface area contributed by atoms with E-state index in [1.54, 1.807) is 12.1 Å². The number of nitrogens with one attached hydrogen (secondary N) is 2. The van der Waals surface area contributed by atoms with Gasteiger partial charge in [0.2, 0.25) is 0 Å². The fourth-order valence-corrected chi connectivity index (χ4v) is 2.90. The molecule has 4 nitrogen and oxygen atoms in total. The third-order valence-electron chi connectivity index (χ3n) is 4.39. The van der Waals surface area contributed by atoms with Crippen molar-refractivity contribution in [3.8, 4) is 5.75 Å². The lowest BCUT2D eigenvalue weighted by atomic mass is 9.86. The smallest absolute Gasteiger partial charge is 0.196 e. The SMILES string of the molecule is CC1CCCCC1N=C(Nc1cccc(O)c1)NC1CC1. The number of guanidine groups is 1. The summed E-state index contributed by atoms with van der Waals surface area (Å²) in [6.07, 6.45) is 7.51. The van der Waals surface area contributed by atoms with Gasteiger partial charge in [0, 0.05) is 17.8 Å². The van der Waals surface area contributed by atoms with Gasteiger partial charge in [-0.2, -0.15) is 0 Å². The number of anilines is 1. The number of phenolic OH excluding ortho intramolecular Hbond substituents is 1. The van der Waals surface area contributed by atoms with Crippen LogP contribution < -0.4 is 10.6 Å². The van der Waals surface area contributed by atoms with E-state index in [-0.39, 0.29) is 5.75 Å². The Hall–Kier alpha value is -1.71. The highest BCUT2D eigenvalue weighted by atomic mass is 16.3. The van der Waals surface area contributed by atoms with Crippen molar-refractivity contribution in [2.24, 2.45) is 10.9 Å². The second kappa shape index (κ2) is 6.37. The Morgan fingerprint density at radius 1 is 1.19 bits per heavy atom. The van der Waals surface area contributed by atoms with Gasteiger partial charge >= 0.3 is 0 Å². The zero-order chi connectivity index (χ0) is 14.7. The first-order valence-electron chi connectivity index (χ1n) is 8.11. The molecular formula is C17H25N3O. The maximum absolute atomic E-state index is 9.58. The van der Waals surface area contributed by atoms with Crippen molar-refractivity contribution in [3.63, 3.8) is 0 Å². The molecule has 0 heterocycles. The lowest BCUT2D eigenvalue weighted by Gasteiger charge is -2.26. The molecule has 2 aliphatic rings. The molecule has 3 N–H and O–H groups in total. The standard InChI is InChI=1S/C17H25N3O/c1-12-5-2-3-8-16(12)20-17(18-13-9-10-13)19-14-6-4-7-15(21)11-14/h4,6-7,11-13,16,21H,2-3,5,8-10H2,1H3,(H2,18,19,20). The monoisotopic (exact) mass is 287 g/mol. The summed E-state index contributed by atoms with van der Waals surface area (Å²) in [5.74, 6) is 1.79. The molecule has 0 spiro atoms. The number of benzene rings is 1. The van der Waals surface area contributed by atoms with E-state index in [4.69, 9.17) is 4.99 Å². The molecular weight excluding hydrogens is 262 g/mol. The average molecular weight is 287 g/mol. The highest BCUT2D eigenvalue weighted by Crippen LogP contribution is 2.27. The van der Waals surface area contributed by atoms with E-state index >= 15 is 0 Å². The van der Waals surface area contributed by atoms with Gasteiger partial charge in [-0.05, 0) is 43.7 Å². The Labute approximate surface area is 126 Å². The van der Waals surface area contributed by atoms with Gasteiger partial charge in [0.15, 0.2) is 5.96 Å². The molecule has 1 aromatic carbocycles. The van der Waals surface area contributed by atoms with Crippen LogP contribution in [0.2, 0.25) is 0 Å². The molecule has 2 unspecified atom stereocenters. The van der Waals surface area contributed by atoms with Crippen LogP contribution in [0.4, 0.5) is 5.69 Å². The van der Waals surface area contributed by atoms with E-state index in [1.807, 2.05) is 12.1 Å². The van der Waals surface area contributed by atoms with Gasteiger partial charge in [0.1, 0.15) is 5.75 Å². The Bertz CT molecular complexity index is 511. The van der Waals surface area contributed by atoms with Crippen LogP contribution in [0.5, 0.6) is 5.75 Å². The van der Waals surface area contributed by atoms with E-state index in [0.717, 1.165) is 11.6 Å². The first-order valence-corrected chi connectivity index (χ1v) is 8.11. The van der Waals surface area contributed by atoms with Crippen molar-refractivity contribution in [2.45, 2.75) is 57.5 Å². The number of hydrogen-bond acceptors (Lipinski definition) is 2. The quantitative estimate of drug-likeness (QED) is 0.589. The summed E-state index contributed by atoms with van der Waals surface area (Å²) in [6.45, 7) is 2.30. The fraction of sp³-hybridized carbons (Fsp3) is 0.588. The second-order valence-corrected chi connectivity index (χ2v) is 6.40. The molecule has 0 bridgehead atoms. The van der Waals surface area contributed by atoms with Crippen LogP contribution in [-0.2, 0) is 0 Å². The molecule has 3 rings (SSSR count). The lowest BCUT2D eigenvalue weighted by Crippen LogP contribution is -2.35. The molecule has 21 heavy (non-hydrogen) atoms. The zero-order valence-corrected chi connectivity index (χ0v) is 12.7. The van der Waals surface area contributed by atoms with Gasteiger partial charge in [-0.15, -0.1) is 0 Å². The van der Waals surface area contributed by atoms with Crippen LogP contribution in [-0.4, -0.2) is 23.1 Å². The summed E-state index contributed by atoms with van der Waals surface area (Å²) in [6, 6.07) is 8.18. The van der Waals surface area contributed by atoms with Gasteiger partial charge in [-0.1, -0.05) is 25.8 Å². The van der Waals surface area contributed by atoms with Crippen molar-refractivity contribution in [3.05, 3.63) is 24.3 Å². The lowest BCUT2D eigenvalue weighted by molar-refractivity contribution is 0.332. The van der Waals surface area contributed by atoms with Gasteiger partial charge in [-0.25, -0.2) is 4.99 Å². The first kappa shape index (κ1) is 14.2. The number of phenols is 1. The van der Waals surface area contributed by atoms with Gasteiger partial charge < -0.3 is 15.7 Å². The number of hydrogen-bond donors (Lipinski definition) is 3. The van der Waals surface area contributed by atoms with E-state index in [1.165, 1.54) is 38.5 Å². The maximum Gasteiger partial charge on any atom is 0.196 e. The number of aliphatic imine (C=N–C) groups is 1. The molecule has 1 aromatic rings. The molecule has 2 aliphatic carbocycles. The van der Waals surface area contributed by atoms with Crippen LogP contribution in [0.15, 0.2) is 29.3 Å². The van der Waals surface area contributed by atoms with E-state index in [9.17, 15) is 5.11 Å². The predicted molar refractivity (Wildman–Crippen MR) is 86.7 cm³/mol. The molecule has 0 aromatic heterocycles. The largest absolute Gasteiger partial charge is 0.508 e. The molecule has 0 saturated heterocycles. The topological polar surface area (TPSA) is 56.7 Å². The van der Waals surface area contributed by atoms with Gasteiger partial charge in [-0.3, -0.25) is 0 Å². The van der Waals surface area contributed by atoms with Crippen LogP contribution in [0.3, 0.4) is 0 Å². The highest BCUT2D eigenvalue weighted by Gasteiger charge is 2.25. The minimum Gasteiger partial charge on any atom is -0.508 e. The fourth-order valence-electron chi connectivity index (χ4n) is 2.90. The Balaban J connectivity index is 1.73. The van der Waals surface area contributed by atoms with Crippen LogP contribution >= 0.6 is 0 Å². The van der Waals surface area contributed by atoms with Crippen molar-refractivity contribution < 1.29 is 5.11 Å². The summed E-state index contributed by atoms with van der Waals surface area (Å²) in [4.78, 5) is 4.93. The van der Waals surface area contributed by atoms with E-state index in [2.05, 4.69) is 17.6 Å². The molecule has 2 saturated carbocycles. The van der Waals surface area contributed by atoms with Crippen molar-refractivity contribution in [1.29, 1.82) is 0 Å². The summed E-state index contributed by atoms with van der Waals surface area (Å²) in [5.41, 5.74) is 0.880. The maximum atomic E-state index is 9.58. The minimum atomic E-state index is 0.275. The molecule has 0 aliphatic heterocycles. The molecule has 2 atom stereocenters. The molecule has 0 amide bonds. The van der Waals surface area contributed by atoms with Crippen molar-refractivity contribution >= 4 is 11.6 Å². The molecule has 114 valence electrons. The van der Waals surface area contributed by atoms with Gasteiger partial charge in [0.25, 0.3) is 0 Å². The summed E-state index contributed by atoms with van der Waals surface area (Å²) in [7, 11) is 0. The summed E-state index contributed by atoms with van der Waals surface area (Å²) < 4.78 is 0. The second-order valence-electron chi connectivity index (χ2n) is 6.40. The van der Waals surface area contributed by atoms with Gasteiger partial charge in [0.05, 0.1) is 6.04 Å². The molecule has 0 radical (unpaired) electrons.